The lowest BCUT2D eigenvalue weighted by Crippen LogP contribution is -2.37. The minimum atomic E-state index is 0.0475. The lowest BCUT2D eigenvalue weighted by molar-refractivity contribution is -0.123. The molecule has 0 spiro atoms. The van der Waals surface area contributed by atoms with Gasteiger partial charge in [-0.25, -0.2) is 0 Å². The quantitative estimate of drug-likeness (QED) is 0.835. The van der Waals surface area contributed by atoms with Crippen molar-refractivity contribution in [3.63, 3.8) is 0 Å². The van der Waals surface area contributed by atoms with Gasteiger partial charge in [-0.2, -0.15) is 0 Å². The Hall–Kier alpha value is -1.31. The molecular formula is C16H23NO. The maximum Gasteiger partial charge on any atom is 0.228 e. The van der Waals surface area contributed by atoms with Gasteiger partial charge in [0.2, 0.25) is 5.91 Å². The van der Waals surface area contributed by atoms with Crippen molar-refractivity contribution >= 4 is 11.6 Å². The monoisotopic (exact) mass is 245 g/mol. The van der Waals surface area contributed by atoms with Crippen LogP contribution in [-0.4, -0.2) is 5.91 Å². The van der Waals surface area contributed by atoms with Crippen LogP contribution in [0.5, 0.6) is 0 Å². The van der Waals surface area contributed by atoms with Gasteiger partial charge in [-0.3, -0.25) is 4.79 Å². The first-order valence-electron chi connectivity index (χ1n) is 6.70. The van der Waals surface area contributed by atoms with E-state index in [4.69, 9.17) is 0 Å². The van der Waals surface area contributed by atoms with Crippen molar-refractivity contribution in [2.45, 2.75) is 40.5 Å². The van der Waals surface area contributed by atoms with Crippen molar-refractivity contribution in [2.75, 3.05) is 5.32 Å². The van der Waals surface area contributed by atoms with E-state index >= 15 is 0 Å². The molecule has 1 fully saturated rings. The van der Waals surface area contributed by atoms with Crippen molar-refractivity contribution in [2.24, 2.45) is 16.7 Å². The molecule has 1 unspecified atom stereocenters. The minimum Gasteiger partial charge on any atom is -0.326 e. The number of anilines is 1. The van der Waals surface area contributed by atoms with Crippen LogP contribution in [0.1, 0.15) is 40.5 Å². The Balaban J connectivity index is 2.12. The summed E-state index contributed by atoms with van der Waals surface area (Å²) in [6.07, 6.45) is 2.10. The number of rotatable bonds is 2. The average Bonchev–Trinajstić information content (AvgIpc) is 2.50. The van der Waals surface area contributed by atoms with Crippen LogP contribution in [0, 0.1) is 16.7 Å². The van der Waals surface area contributed by atoms with Crippen LogP contribution in [-0.2, 0) is 4.79 Å². The Kier molecular flexibility index (Phi) is 3.22. The molecule has 0 aromatic heterocycles. The van der Waals surface area contributed by atoms with E-state index in [2.05, 4.69) is 33.0 Å². The topological polar surface area (TPSA) is 29.1 Å². The second kappa shape index (κ2) is 4.42. The fourth-order valence-corrected chi connectivity index (χ4v) is 2.87. The molecule has 2 heteroatoms. The number of carbonyl (C=O) groups is 1. The van der Waals surface area contributed by atoms with Crippen molar-refractivity contribution in [3.8, 4) is 0 Å². The van der Waals surface area contributed by atoms with Gasteiger partial charge >= 0.3 is 0 Å². The molecule has 1 N–H and O–H groups in total. The van der Waals surface area contributed by atoms with Crippen LogP contribution in [0.3, 0.4) is 0 Å². The van der Waals surface area contributed by atoms with E-state index in [0.717, 1.165) is 18.5 Å². The molecule has 98 valence electrons. The summed E-state index contributed by atoms with van der Waals surface area (Å²) in [4.78, 5) is 12.4. The summed E-state index contributed by atoms with van der Waals surface area (Å²) < 4.78 is 0. The van der Waals surface area contributed by atoms with Gasteiger partial charge in [0.05, 0.1) is 0 Å². The van der Waals surface area contributed by atoms with Gasteiger partial charge in [-0.15, -0.1) is 0 Å². The van der Waals surface area contributed by atoms with Gasteiger partial charge in [-0.05, 0) is 35.8 Å². The minimum absolute atomic E-state index is 0.0475. The van der Waals surface area contributed by atoms with Crippen molar-refractivity contribution in [1.82, 2.24) is 0 Å². The highest BCUT2D eigenvalue weighted by Gasteiger charge is 2.51. The molecule has 1 aliphatic rings. The van der Waals surface area contributed by atoms with Gasteiger partial charge in [0.1, 0.15) is 0 Å². The van der Waals surface area contributed by atoms with Crippen molar-refractivity contribution in [3.05, 3.63) is 30.3 Å². The fraction of sp³-hybridized carbons (Fsp3) is 0.562. The second-order valence-electron chi connectivity index (χ2n) is 6.55. The molecule has 0 heterocycles. The molecule has 0 aliphatic heterocycles. The number of hydrogen-bond acceptors (Lipinski definition) is 1. The van der Waals surface area contributed by atoms with E-state index in [9.17, 15) is 4.79 Å². The summed E-state index contributed by atoms with van der Waals surface area (Å²) in [6.45, 7) is 8.97. The molecule has 1 amide bonds. The Bertz CT molecular complexity index is 434. The third-order valence-electron chi connectivity index (χ3n) is 5.03. The third-order valence-corrected chi connectivity index (χ3v) is 5.03. The van der Waals surface area contributed by atoms with E-state index in [1.165, 1.54) is 0 Å². The van der Waals surface area contributed by atoms with E-state index < -0.39 is 0 Å². The first-order valence-corrected chi connectivity index (χ1v) is 6.70. The molecule has 0 saturated heterocycles. The highest BCUT2D eigenvalue weighted by molar-refractivity contribution is 5.93. The van der Waals surface area contributed by atoms with Gasteiger partial charge in [-0.1, -0.05) is 45.9 Å². The maximum atomic E-state index is 12.4. The summed E-state index contributed by atoms with van der Waals surface area (Å²) in [7, 11) is 0. The number of amides is 1. The van der Waals surface area contributed by atoms with E-state index in [0.29, 0.717) is 0 Å². The predicted molar refractivity (Wildman–Crippen MR) is 75.4 cm³/mol. The standard InChI is InChI=1S/C16H23NO/c1-15(2)11-10-13(16(15,3)4)14(18)17-12-8-6-5-7-9-12/h5-9,13H,10-11H2,1-4H3,(H,17,18). The Morgan fingerprint density at radius 3 is 2.28 bits per heavy atom. The Morgan fingerprint density at radius 1 is 1.17 bits per heavy atom. The number of para-hydroxylation sites is 1. The summed E-state index contributed by atoms with van der Waals surface area (Å²) in [5.41, 5.74) is 1.17. The van der Waals surface area contributed by atoms with Crippen LogP contribution < -0.4 is 5.32 Å². The summed E-state index contributed by atoms with van der Waals surface area (Å²) in [5, 5.41) is 3.04. The molecule has 2 rings (SSSR count). The highest BCUT2D eigenvalue weighted by Crippen LogP contribution is 2.55. The zero-order chi connectivity index (χ0) is 13.4. The first-order chi connectivity index (χ1) is 8.34. The smallest absolute Gasteiger partial charge is 0.228 e. The third kappa shape index (κ3) is 2.16. The van der Waals surface area contributed by atoms with Gasteiger partial charge < -0.3 is 5.32 Å². The Morgan fingerprint density at radius 2 is 1.78 bits per heavy atom. The molecule has 18 heavy (non-hydrogen) atoms. The highest BCUT2D eigenvalue weighted by atomic mass is 16.1. The largest absolute Gasteiger partial charge is 0.326 e. The lowest BCUT2D eigenvalue weighted by atomic mass is 9.67. The number of carbonyl (C=O) groups excluding carboxylic acids is 1. The zero-order valence-electron chi connectivity index (χ0n) is 11.8. The number of benzene rings is 1. The lowest BCUT2D eigenvalue weighted by Gasteiger charge is -2.38. The summed E-state index contributed by atoms with van der Waals surface area (Å²) >= 11 is 0. The fourth-order valence-electron chi connectivity index (χ4n) is 2.87. The molecule has 1 aromatic rings. The molecule has 0 radical (unpaired) electrons. The first kappa shape index (κ1) is 13.1. The molecule has 0 bridgehead atoms. The van der Waals surface area contributed by atoms with Crippen molar-refractivity contribution < 1.29 is 4.79 Å². The molecule has 1 aromatic carbocycles. The summed E-state index contributed by atoms with van der Waals surface area (Å²) in [5.74, 6) is 0.268. The average molecular weight is 245 g/mol. The molecule has 2 nitrogen and oxygen atoms in total. The predicted octanol–water partition coefficient (Wildman–Crippen LogP) is 4.09. The molecule has 1 aliphatic carbocycles. The molecule has 1 saturated carbocycles. The van der Waals surface area contributed by atoms with Gasteiger partial charge in [0, 0.05) is 11.6 Å². The van der Waals surface area contributed by atoms with Crippen LogP contribution in [0.25, 0.3) is 0 Å². The zero-order valence-corrected chi connectivity index (χ0v) is 11.8. The normalized spacial score (nSPS) is 24.8. The van der Waals surface area contributed by atoms with Crippen LogP contribution in [0.2, 0.25) is 0 Å². The van der Waals surface area contributed by atoms with E-state index in [1.807, 2.05) is 30.3 Å². The van der Waals surface area contributed by atoms with Crippen LogP contribution in [0.15, 0.2) is 30.3 Å². The van der Waals surface area contributed by atoms with Gasteiger partial charge in [0.15, 0.2) is 0 Å². The van der Waals surface area contributed by atoms with E-state index in [-0.39, 0.29) is 22.7 Å². The molecular weight excluding hydrogens is 222 g/mol. The SMILES string of the molecule is CC1(C)CCC(C(=O)Nc2ccccc2)C1(C)C. The van der Waals surface area contributed by atoms with E-state index in [1.54, 1.807) is 0 Å². The van der Waals surface area contributed by atoms with Gasteiger partial charge in [0.25, 0.3) is 0 Å². The maximum absolute atomic E-state index is 12.4. The van der Waals surface area contributed by atoms with Crippen molar-refractivity contribution in [1.29, 1.82) is 0 Å². The Labute approximate surface area is 110 Å². The second-order valence-corrected chi connectivity index (χ2v) is 6.55. The molecule has 1 atom stereocenters. The number of nitrogens with one attached hydrogen (secondary N) is 1. The van der Waals surface area contributed by atoms with Crippen LogP contribution in [0.4, 0.5) is 5.69 Å². The summed E-state index contributed by atoms with van der Waals surface area (Å²) in [6, 6.07) is 9.72. The number of hydrogen-bond donors (Lipinski definition) is 1. The van der Waals surface area contributed by atoms with Crippen LogP contribution >= 0.6 is 0 Å².